The van der Waals surface area contributed by atoms with Crippen LogP contribution in [-0.4, -0.2) is 66.1 Å². The van der Waals surface area contributed by atoms with Gasteiger partial charge in [0.15, 0.2) is 6.61 Å². The first-order valence-electron chi connectivity index (χ1n) is 10.2. The molecule has 8 heteroatoms. The highest BCUT2D eigenvalue weighted by atomic mass is 32.2. The first-order valence-corrected chi connectivity index (χ1v) is 11.1. The third-order valence-corrected chi connectivity index (χ3v) is 6.11. The standard InChI is InChI=1S/C23H27N3O4S/c1-17-5-4-6-18(13-17)14-25-9-11-26(12-10-25)22(28)15-30-23(29)19-7-2-3-8-20(19)31-16-21(24)27/h2-8,13H,9-12,14-16H2,1H3,(H2,24,27). The topological polar surface area (TPSA) is 92.9 Å². The van der Waals surface area contributed by atoms with Crippen LogP contribution < -0.4 is 5.73 Å². The second-order valence-corrected chi connectivity index (χ2v) is 8.49. The molecule has 1 saturated heterocycles. The van der Waals surface area contributed by atoms with Gasteiger partial charge in [-0.2, -0.15) is 0 Å². The summed E-state index contributed by atoms with van der Waals surface area (Å²) in [6.45, 7) is 5.40. The average Bonchev–Trinajstić information content (AvgIpc) is 2.76. The van der Waals surface area contributed by atoms with Crippen molar-refractivity contribution in [1.82, 2.24) is 9.80 Å². The number of primary amides is 1. The van der Waals surface area contributed by atoms with Gasteiger partial charge in [0.2, 0.25) is 5.91 Å². The van der Waals surface area contributed by atoms with E-state index in [0.717, 1.165) is 19.6 Å². The van der Waals surface area contributed by atoms with E-state index in [4.69, 9.17) is 10.5 Å². The largest absolute Gasteiger partial charge is 0.452 e. The van der Waals surface area contributed by atoms with Crippen molar-refractivity contribution in [3.05, 3.63) is 65.2 Å². The lowest BCUT2D eigenvalue weighted by Gasteiger charge is -2.34. The number of rotatable bonds is 8. The predicted octanol–water partition coefficient (Wildman–Crippen LogP) is 2.07. The van der Waals surface area contributed by atoms with Crippen molar-refractivity contribution in [3.8, 4) is 0 Å². The number of benzene rings is 2. The molecule has 3 rings (SSSR count). The van der Waals surface area contributed by atoms with E-state index in [-0.39, 0.29) is 18.3 Å². The fourth-order valence-corrected chi connectivity index (χ4v) is 4.21. The molecule has 2 aromatic rings. The zero-order valence-electron chi connectivity index (χ0n) is 17.6. The van der Waals surface area contributed by atoms with E-state index in [0.29, 0.717) is 23.5 Å². The van der Waals surface area contributed by atoms with Gasteiger partial charge in [-0.25, -0.2) is 4.79 Å². The van der Waals surface area contributed by atoms with E-state index in [1.54, 1.807) is 29.2 Å². The number of ether oxygens (including phenoxy) is 1. The fourth-order valence-electron chi connectivity index (χ4n) is 3.43. The summed E-state index contributed by atoms with van der Waals surface area (Å²) in [5.74, 6) is -1.19. The molecule has 1 aliphatic heterocycles. The van der Waals surface area contributed by atoms with Gasteiger partial charge < -0.3 is 15.4 Å². The molecule has 7 nitrogen and oxygen atoms in total. The maximum atomic E-state index is 12.5. The van der Waals surface area contributed by atoms with Crippen LogP contribution in [0.3, 0.4) is 0 Å². The van der Waals surface area contributed by atoms with Crippen LogP contribution in [0.4, 0.5) is 0 Å². The molecule has 0 bridgehead atoms. The molecule has 1 fully saturated rings. The number of amides is 2. The number of esters is 1. The molecule has 164 valence electrons. The Morgan fingerprint density at radius 2 is 1.77 bits per heavy atom. The Morgan fingerprint density at radius 1 is 1.03 bits per heavy atom. The third-order valence-electron chi connectivity index (χ3n) is 5.02. The van der Waals surface area contributed by atoms with E-state index >= 15 is 0 Å². The third kappa shape index (κ3) is 6.83. The summed E-state index contributed by atoms with van der Waals surface area (Å²) >= 11 is 1.17. The van der Waals surface area contributed by atoms with Crippen LogP contribution in [0.5, 0.6) is 0 Å². The van der Waals surface area contributed by atoms with Gasteiger partial charge in [0, 0.05) is 37.6 Å². The molecule has 2 amide bonds. The van der Waals surface area contributed by atoms with Gasteiger partial charge in [0.1, 0.15) is 0 Å². The van der Waals surface area contributed by atoms with E-state index in [1.807, 2.05) is 0 Å². The highest BCUT2D eigenvalue weighted by Gasteiger charge is 2.23. The predicted molar refractivity (Wildman–Crippen MR) is 120 cm³/mol. The Kier molecular flexibility index (Phi) is 8.08. The minimum atomic E-state index is -0.584. The number of carbonyl (C=O) groups is 3. The highest BCUT2D eigenvalue weighted by molar-refractivity contribution is 8.00. The van der Waals surface area contributed by atoms with Crippen LogP contribution in [0.25, 0.3) is 0 Å². The number of carbonyl (C=O) groups excluding carboxylic acids is 3. The van der Waals surface area contributed by atoms with Crippen LogP contribution in [0, 0.1) is 6.92 Å². The fraction of sp³-hybridized carbons (Fsp3) is 0.348. The zero-order valence-corrected chi connectivity index (χ0v) is 18.4. The van der Waals surface area contributed by atoms with E-state index in [9.17, 15) is 14.4 Å². The van der Waals surface area contributed by atoms with Crippen molar-refractivity contribution in [1.29, 1.82) is 0 Å². The second kappa shape index (κ2) is 11.0. The molecule has 0 aliphatic carbocycles. The number of hydrogen-bond donors (Lipinski definition) is 1. The lowest BCUT2D eigenvalue weighted by molar-refractivity contribution is -0.136. The van der Waals surface area contributed by atoms with Crippen LogP contribution in [0.15, 0.2) is 53.4 Å². The molecule has 0 spiro atoms. The van der Waals surface area contributed by atoms with Gasteiger partial charge >= 0.3 is 5.97 Å². The first kappa shape index (κ1) is 22.8. The lowest BCUT2D eigenvalue weighted by atomic mass is 10.1. The van der Waals surface area contributed by atoms with E-state index in [1.165, 1.54) is 22.9 Å². The quantitative estimate of drug-likeness (QED) is 0.498. The number of hydrogen-bond acceptors (Lipinski definition) is 6. The number of nitrogens with zero attached hydrogens (tertiary/aromatic N) is 2. The van der Waals surface area contributed by atoms with Gasteiger partial charge in [-0.15, -0.1) is 11.8 Å². The smallest absolute Gasteiger partial charge is 0.339 e. The monoisotopic (exact) mass is 441 g/mol. The normalized spacial score (nSPS) is 14.3. The Labute approximate surface area is 186 Å². The molecular weight excluding hydrogens is 414 g/mol. The number of piperazine rings is 1. The molecule has 0 saturated carbocycles. The molecule has 2 aromatic carbocycles. The highest BCUT2D eigenvalue weighted by Crippen LogP contribution is 2.23. The van der Waals surface area contributed by atoms with Gasteiger partial charge in [-0.1, -0.05) is 42.0 Å². The second-order valence-electron chi connectivity index (χ2n) is 7.47. The van der Waals surface area contributed by atoms with Gasteiger partial charge in [0.05, 0.1) is 11.3 Å². The summed E-state index contributed by atoms with van der Waals surface area (Å²) in [7, 11) is 0. The summed E-state index contributed by atoms with van der Waals surface area (Å²) in [4.78, 5) is 40.6. The molecule has 31 heavy (non-hydrogen) atoms. The summed E-state index contributed by atoms with van der Waals surface area (Å²) in [5, 5.41) is 0. The van der Waals surface area contributed by atoms with Crippen molar-refractivity contribution in [2.45, 2.75) is 18.4 Å². The number of nitrogens with two attached hydrogens (primary N) is 1. The van der Waals surface area contributed by atoms with Crippen molar-refractivity contribution in [2.24, 2.45) is 5.73 Å². The van der Waals surface area contributed by atoms with Crippen molar-refractivity contribution < 1.29 is 19.1 Å². The van der Waals surface area contributed by atoms with E-state index in [2.05, 4.69) is 36.1 Å². The number of thioether (sulfide) groups is 1. The molecular formula is C23H27N3O4S. The summed E-state index contributed by atoms with van der Waals surface area (Å²) in [6.07, 6.45) is 0. The Bertz CT molecular complexity index is 942. The van der Waals surface area contributed by atoms with Gasteiger partial charge in [0.25, 0.3) is 5.91 Å². The maximum Gasteiger partial charge on any atom is 0.339 e. The van der Waals surface area contributed by atoms with Gasteiger partial charge in [-0.3, -0.25) is 14.5 Å². The van der Waals surface area contributed by atoms with Crippen LogP contribution >= 0.6 is 11.8 Å². The van der Waals surface area contributed by atoms with Crippen molar-refractivity contribution in [2.75, 3.05) is 38.5 Å². The molecule has 2 N–H and O–H groups in total. The minimum absolute atomic E-state index is 0.0655. The van der Waals surface area contributed by atoms with Crippen LogP contribution in [0.2, 0.25) is 0 Å². The zero-order chi connectivity index (χ0) is 22.2. The minimum Gasteiger partial charge on any atom is -0.452 e. The Morgan fingerprint density at radius 3 is 2.48 bits per heavy atom. The van der Waals surface area contributed by atoms with Gasteiger partial charge in [-0.05, 0) is 24.6 Å². The van der Waals surface area contributed by atoms with Crippen LogP contribution in [0.1, 0.15) is 21.5 Å². The Balaban J connectivity index is 1.46. The Hall–Kier alpha value is -2.84. The number of aryl methyl sites for hydroxylation is 1. The molecule has 1 aliphatic rings. The summed E-state index contributed by atoms with van der Waals surface area (Å²) in [5.41, 5.74) is 8.00. The molecule has 1 heterocycles. The molecule has 0 aromatic heterocycles. The SMILES string of the molecule is Cc1cccc(CN2CCN(C(=O)COC(=O)c3ccccc3SCC(N)=O)CC2)c1. The van der Waals surface area contributed by atoms with Crippen molar-refractivity contribution >= 4 is 29.5 Å². The summed E-state index contributed by atoms with van der Waals surface area (Å²) in [6, 6.07) is 15.2. The summed E-state index contributed by atoms with van der Waals surface area (Å²) < 4.78 is 5.25. The maximum absolute atomic E-state index is 12.5. The van der Waals surface area contributed by atoms with Crippen molar-refractivity contribution in [3.63, 3.8) is 0 Å². The average molecular weight is 442 g/mol. The van der Waals surface area contributed by atoms with E-state index < -0.39 is 11.9 Å². The van der Waals surface area contributed by atoms with Crippen LogP contribution in [-0.2, 0) is 20.9 Å². The lowest BCUT2D eigenvalue weighted by Crippen LogP contribution is -2.49. The molecule has 0 unspecified atom stereocenters. The molecule has 0 radical (unpaired) electrons. The first-order chi connectivity index (χ1) is 14.9. The molecule has 0 atom stereocenters.